The Labute approximate surface area is 252 Å². The minimum absolute atomic E-state index is 0.0787. The van der Waals surface area contributed by atoms with Crippen LogP contribution in [0.15, 0.2) is 67.4 Å². The summed E-state index contributed by atoms with van der Waals surface area (Å²) in [6.07, 6.45) is 3.92. The number of hydrogen-bond acceptors (Lipinski definition) is 6. The van der Waals surface area contributed by atoms with Gasteiger partial charge in [0.05, 0.1) is 29.3 Å². The van der Waals surface area contributed by atoms with E-state index in [1.807, 2.05) is 19.1 Å². The second-order valence-electron chi connectivity index (χ2n) is 8.80. The van der Waals surface area contributed by atoms with Gasteiger partial charge in [0.1, 0.15) is 17.5 Å². The fourth-order valence-corrected chi connectivity index (χ4v) is 4.99. The number of benzene rings is 3. The van der Waals surface area contributed by atoms with E-state index in [9.17, 15) is 14.7 Å². The van der Waals surface area contributed by atoms with Crippen LogP contribution in [0.5, 0.6) is 11.5 Å². The fourth-order valence-electron chi connectivity index (χ4n) is 3.98. The Morgan fingerprint density at radius 3 is 2.67 bits per heavy atom. The average Bonchev–Trinajstić information content (AvgIpc) is 2.94. The number of ether oxygens (including phenoxy) is 2. The van der Waals surface area contributed by atoms with Crippen molar-refractivity contribution >= 4 is 66.5 Å². The van der Waals surface area contributed by atoms with Crippen LogP contribution in [-0.4, -0.2) is 33.6 Å². The molecule has 11 heteroatoms. The van der Waals surface area contributed by atoms with E-state index >= 15 is 0 Å². The number of aromatic nitrogens is 2. The molecule has 0 saturated carbocycles. The summed E-state index contributed by atoms with van der Waals surface area (Å²) < 4.78 is 14.4. The fraction of sp³-hybridized carbons (Fsp3) is 0.241. The van der Waals surface area contributed by atoms with Gasteiger partial charge in [-0.1, -0.05) is 53.0 Å². The quantitative estimate of drug-likeness (QED) is 0.164. The highest BCUT2D eigenvalue weighted by molar-refractivity contribution is 9.10. The molecule has 40 heavy (non-hydrogen) atoms. The molecule has 4 rings (SSSR count). The van der Waals surface area contributed by atoms with Crippen molar-refractivity contribution in [2.24, 2.45) is 5.10 Å². The van der Waals surface area contributed by atoms with Gasteiger partial charge in [0.2, 0.25) is 0 Å². The number of nitrogens with zero attached hydrogens (tertiary/aromatic N) is 3. The number of hydrogen-bond donors (Lipinski definition) is 1. The van der Waals surface area contributed by atoms with Gasteiger partial charge in [0, 0.05) is 20.9 Å². The summed E-state index contributed by atoms with van der Waals surface area (Å²) in [5.74, 6) is 0.221. The summed E-state index contributed by atoms with van der Waals surface area (Å²) in [7, 11) is 0. The number of rotatable bonds is 11. The molecule has 0 aliphatic rings. The van der Waals surface area contributed by atoms with Crippen LogP contribution in [0.3, 0.4) is 0 Å². The van der Waals surface area contributed by atoms with Gasteiger partial charge in [-0.15, -0.1) is 0 Å². The highest BCUT2D eigenvalue weighted by Crippen LogP contribution is 2.42. The number of carboxylic acids is 1. The molecule has 1 heterocycles. The number of unbranched alkanes of at least 4 members (excludes halogenated alkanes) is 1. The lowest BCUT2D eigenvalue weighted by molar-refractivity contribution is 0.0696. The molecule has 0 unspecified atom stereocenters. The Balaban J connectivity index is 1.72. The van der Waals surface area contributed by atoms with E-state index in [0.717, 1.165) is 17.3 Å². The third-order valence-corrected chi connectivity index (χ3v) is 7.89. The smallest absolute Gasteiger partial charge is 0.335 e. The minimum atomic E-state index is -1.02. The van der Waals surface area contributed by atoms with Gasteiger partial charge >= 0.3 is 5.97 Å². The number of halogens is 3. The number of carboxylic acid groups (broad SMARTS) is 1. The maximum atomic E-state index is 13.4. The summed E-state index contributed by atoms with van der Waals surface area (Å²) in [5.41, 5.74) is 1.73. The Hall–Kier alpha value is -3.21. The zero-order valence-electron chi connectivity index (χ0n) is 21.8. The first kappa shape index (κ1) is 29.8. The number of carbonyl (C=O) groups is 1. The zero-order valence-corrected chi connectivity index (χ0v) is 25.7. The Kier molecular flexibility index (Phi) is 9.99. The molecule has 3 aromatic carbocycles. The second-order valence-corrected chi connectivity index (χ2v) is 10.9. The molecule has 0 aliphatic carbocycles. The van der Waals surface area contributed by atoms with Crippen LogP contribution in [-0.2, 0) is 13.0 Å². The molecule has 1 aromatic heterocycles. The van der Waals surface area contributed by atoms with Crippen LogP contribution >= 0.6 is 43.5 Å². The first-order valence-electron chi connectivity index (χ1n) is 12.6. The van der Waals surface area contributed by atoms with Crippen molar-refractivity contribution in [1.82, 2.24) is 9.66 Å². The van der Waals surface area contributed by atoms with Crippen molar-refractivity contribution in [3.63, 3.8) is 0 Å². The SMILES string of the molecule is CCCCc1nc2ccc(Br)cc2c(=O)n1N=Cc1cc(OCC)c(OCc2cccc(C(=O)O)c2)c(Cl)c1Br. The van der Waals surface area contributed by atoms with Crippen molar-refractivity contribution in [3.8, 4) is 11.5 Å². The highest BCUT2D eigenvalue weighted by Gasteiger charge is 2.18. The Morgan fingerprint density at radius 2 is 1.95 bits per heavy atom. The van der Waals surface area contributed by atoms with Gasteiger partial charge in [-0.05, 0) is 71.2 Å². The van der Waals surface area contributed by atoms with Gasteiger partial charge in [0.15, 0.2) is 11.5 Å². The molecule has 0 bridgehead atoms. The Bertz CT molecular complexity index is 1660. The summed E-state index contributed by atoms with van der Waals surface area (Å²) in [6, 6.07) is 13.6. The predicted molar refractivity (Wildman–Crippen MR) is 163 cm³/mol. The van der Waals surface area contributed by atoms with Crippen molar-refractivity contribution in [1.29, 1.82) is 0 Å². The summed E-state index contributed by atoms with van der Waals surface area (Å²) in [6.45, 7) is 4.34. The first-order chi connectivity index (χ1) is 19.2. The zero-order chi connectivity index (χ0) is 28.8. The molecule has 4 aromatic rings. The molecule has 0 fully saturated rings. The van der Waals surface area contributed by atoms with Gasteiger partial charge in [-0.2, -0.15) is 9.78 Å². The average molecular weight is 692 g/mol. The predicted octanol–water partition coefficient (Wildman–Crippen LogP) is 7.48. The van der Waals surface area contributed by atoms with Crippen LogP contribution < -0.4 is 15.0 Å². The van der Waals surface area contributed by atoms with Gasteiger partial charge < -0.3 is 14.6 Å². The molecular formula is C29H26Br2ClN3O5. The topological polar surface area (TPSA) is 103 Å². The van der Waals surface area contributed by atoms with E-state index in [1.54, 1.807) is 24.3 Å². The van der Waals surface area contributed by atoms with Gasteiger partial charge in [-0.3, -0.25) is 4.79 Å². The first-order valence-corrected chi connectivity index (χ1v) is 14.5. The van der Waals surface area contributed by atoms with E-state index in [1.165, 1.54) is 23.0 Å². The van der Waals surface area contributed by atoms with Crippen LogP contribution in [0.4, 0.5) is 0 Å². The molecule has 0 radical (unpaired) electrons. The van der Waals surface area contributed by atoms with Crippen LogP contribution in [0.2, 0.25) is 5.02 Å². The molecular weight excluding hydrogens is 666 g/mol. The molecule has 0 saturated heterocycles. The lowest BCUT2D eigenvalue weighted by Crippen LogP contribution is -2.22. The molecule has 8 nitrogen and oxygen atoms in total. The third kappa shape index (κ3) is 6.74. The lowest BCUT2D eigenvalue weighted by Gasteiger charge is -2.16. The summed E-state index contributed by atoms with van der Waals surface area (Å²) in [4.78, 5) is 29.4. The van der Waals surface area contributed by atoms with Crippen molar-refractivity contribution < 1.29 is 19.4 Å². The molecule has 1 N–H and O–H groups in total. The lowest BCUT2D eigenvalue weighted by atomic mass is 10.1. The molecule has 0 atom stereocenters. The van der Waals surface area contributed by atoms with E-state index in [0.29, 0.717) is 56.9 Å². The van der Waals surface area contributed by atoms with Gasteiger partial charge in [-0.25, -0.2) is 9.78 Å². The number of fused-ring (bicyclic) bond motifs is 1. The Morgan fingerprint density at radius 1 is 1.15 bits per heavy atom. The molecule has 0 amide bonds. The molecule has 0 spiro atoms. The number of aryl methyl sites for hydroxylation is 1. The van der Waals surface area contributed by atoms with Crippen molar-refractivity contribution in [2.75, 3.05) is 6.61 Å². The molecule has 208 valence electrons. The van der Waals surface area contributed by atoms with Crippen LogP contribution in [0, 0.1) is 0 Å². The normalized spacial score (nSPS) is 11.3. The summed E-state index contributed by atoms with van der Waals surface area (Å²) >= 11 is 13.7. The van der Waals surface area contributed by atoms with Gasteiger partial charge in [0.25, 0.3) is 5.56 Å². The summed E-state index contributed by atoms with van der Waals surface area (Å²) in [5, 5.41) is 14.5. The van der Waals surface area contributed by atoms with E-state index < -0.39 is 5.97 Å². The van der Waals surface area contributed by atoms with Crippen LogP contribution in [0.25, 0.3) is 10.9 Å². The third-order valence-electron chi connectivity index (χ3n) is 5.95. The standard InChI is InChI=1S/C29H26Br2ClN3O5/c1-3-5-9-24-34-22-11-10-20(30)14-21(22)28(36)35(24)33-15-19-13-23(39-4-2)27(26(32)25(19)31)40-16-17-7-6-8-18(12-17)29(37)38/h6-8,10-15H,3-5,9,16H2,1-2H3,(H,37,38). The van der Waals surface area contributed by atoms with Crippen LogP contribution in [0.1, 0.15) is 54.0 Å². The largest absolute Gasteiger partial charge is 0.490 e. The number of aromatic carboxylic acids is 1. The molecule has 0 aliphatic heterocycles. The monoisotopic (exact) mass is 689 g/mol. The maximum Gasteiger partial charge on any atom is 0.335 e. The minimum Gasteiger partial charge on any atom is -0.490 e. The van der Waals surface area contributed by atoms with E-state index in [2.05, 4.69) is 43.9 Å². The highest BCUT2D eigenvalue weighted by atomic mass is 79.9. The van der Waals surface area contributed by atoms with Crippen molar-refractivity contribution in [3.05, 3.63) is 95.4 Å². The van der Waals surface area contributed by atoms with E-state index in [-0.39, 0.29) is 22.8 Å². The van der Waals surface area contributed by atoms with E-state index in [4.69, 9.17) is 26.1 Å². The maximum absolute atomic E-state index is 13.4. The van der Waals surface area contributed by atoms with Crippen molar-refractivity contribution in [2.45, 2.75) is 39.7 Å². The second kappa shape index (κ2) is 13.4.